The van der Waals surface area contributed by atoms with Gasteiger partial charge in [-0.1, -0.05) is 24.3 Å². The first kappa shape index (κ1) is 16.6. The molecule has 2 aliphatic rings. The largest absolute Gasteiger partial charge is 0.454 e. The molecular formula is C24H19NO3. The van der Waals surface area contributed by atoms with Crippen molar-refractivity contribution >= 4 is 17.2 Å². The maximum absolute atomic E-state index is 6.26. The van der Waals surface area contributed by atoms with Crippen LogP contribution in [0, 0.1) is 13.8 Å². The summed E-state index contributed by atoms with van der Waals surface area (Å²) in [7, 11) is 0. The predicted octanol–water partition coefficient (Wildman–Crippen LogP) is 5.59. The lowest BCUT2D eigenvalue weighted by Crippen LogP contribution is -2.01. The van der Waals surface area contributed by atoms with E-state index in [0.717, 1.165) is 45.5 Å². The molecule has 0 spiro atoms. The van der Waals surface area contributed by atoms with Crippen LogP contribution < -0.4 is 14.2 Å². The Kier molecular flexibility index (Phi) is 3.90. The fourth-order valence-electron chi connectivity index (χ4n) is 3.31. The van der Waals surface area contributed by atoms with E-state index < -0.39 is 0 Å². The third kappa shape index (κ3) is 2.93. The molecule has 0 N–H and O–H groups in total. The van der Waals surface area contributed by atoms with Crippen LogP contribution in [0.15, 0.2) is 71.7 Å². The molecule has 0 fully saturated rings. The summed E-state index contributed by atoms with van der Waals surface area (Å²) in [5.41, 5.74) is 6.13. The molecule has 0 saturated heterocycles. The summed E-state index contributed by atoms with van der Waals surface area (Å²) in [5.74, 6) is 2.93. The SMILES string of the molecule is Cc1ccc(C2=Nc3ccccc3OC(c3ccc4c(c3)OCO4)=C2)cc1C. The quantitative estimate of drug-likeness (QED) is 0.591. The second-order valence-corrected chi connectivity index (χ2v) is 6.94. The van der Waals surface area contributed by atoms with Crippen LogP contribution in [0.4, 0.5) is 5.69 Å². The second kappa shape index (κ2) is 6.57. The first-order valence-electron chi connectivity index (χ1n) is 9.22. The normalized spacial score (nSPS) is 14.5. The van der Waals surface area contributed by atoms with Gasteiger partial charge in [0.1, 0.15) is 11.4 Å². The van der Waals surface area contributed by atoms with E-state index in [9.17, 15) is 0 Å². The van der Waals surface area contributed by atoms with Crippen molar-refractivity contribution in [3.63, 3.8) is 0 Å². The lowest BCUT2D eigenvalue weighted by molar-refractivity contribution is 0.174. The van der Waals surface area contributed by atoms with Gasteiger partial charge in [-0.05, 0) is 61.4 Å². The van der Waals surface area contributed by atoms with Gasteiger partial charge >= 0.3 is 0 Å². The average molecular weight is 369 g/mol. The molecule has 5 rings (SSSR count). The third-order valence-electron chi connectivity index (χ3n) is 5.05. The lowest BCUT2D eigenvalue weighted by atomic mass is 10.0. The molecule has 3 aromatic rings. The van der Waals surface area contributed by atoms with Crippen LogP contribution in [0.3, 0.4) is 0 Å². The minimum absolute atomic E-state index is 0.247. The van der Waals surface area contributed by atoms with E-state index in [1.165, 1.54) is 11.1 Å². The molecule has 0 bridgehead atoms. The molecule has 0 aromatic heterocycles. The highest BCUT2D eigenvalue weighted by Gasteiger charge is 2.19. The van der Waals surface area contributed by atoms with Gasteiger partial charge in [0.25, 0.3) is 0 Å². The Labute approximate surface area is 163 Å². The number of hydrogen-bond acceptors (Lipinski definition) is 4. The number of aryl methyl sites for hydroxylation is 2. The van der Waals surface area contributed by atoms with Gasteiger partial charge in [0.2, 0.25) is 6.79 Å². The molecule has 0 radical (unpaired) electrons. The molecule has 3 aromatic carbocycles. The molecule has 138 valence electrons. The van der Waals surface area contributed by atoms with Crippen molar-refractivity contribution in [2.24, 2.45) is 4.99 Å². The van der Waals surface area contributed by atoms with Crippen molar-refractivity contribution in [2.75, 3.05) is 6.79 Å². The predicted molar refractivity (Wildman–Crippen MR) is 110 cm³/mol. The van der Waals surface area contributed by atoms with E-state index in [-0.39, 0.29) is 6.79 Å². The number of benzene rings is 3. The van der Waals surface area contributed by atoms with Crippen LogP contribution in [0.1, 0.15) is 22.3 Å². The highest BCUT2D eigenvalue weighted by Crippen LogP contribution is 2.38. The van der Waals surface area contributed by atoms with E-state index in [0.29, 0.717) is 0 Å². The van der Waals surface area contributed by atoms with Crippen molar-refractivity contribution in [3.8, 4) is 17.2 Å². The van der Waals surface area contributed by atoms with Gasteiger partial charge < -0.3 is 14.2 Å². The molecule has 0 aliphatic carbocycles. The Morgan fingerprint density at radius 3 is 2.46 bits per heavy atom. The van der Waals surface area contributed by atoms with Crippen LogP contribution in [-0.2, 0) is 0 Å². The molecule has 28 heavy (non-hydrogen) atoms. The summed E-state index contributed by atoms with van der Waals surface area (Å²) >= 11 is 0. The van der Waals surface area contributed by atoms with Gasteiger partial charge in [0.15, 0.2) is 17.2 Å². The van der Waals surface area contributed by atoms with E-state index >= 15 is 0 Å². The number of aliphatic imine (C=N–C) groups is 1. The van der Waals surface area contributed by atoms with Gasteiger partial charge in [-0.3, -0.25) is 0 Å². The topological polar surface area (TPSA) is 40.0 Å². The average Bonchev–Trinajstić information content (AvgIpc) is 3.09. The summed E-state index contributed by atoms with van der Waals surface area (Å²) in [4.78, 5) is 4.89. The number of para-hydroxylation sites is 2. The number of fused-ring (bicyclic) bond motifs is 2. The fourth-order valence-corrected chi connectivity index (χ4v) is 3.31. The Morgan fingerprint density at radius 2 is 1.57 bits per heavy atom. The second-order valence-electron chi connectivity index (χ2n) is 6.94. The van der Waals surface area contributed by atoms with Crippen molar-refractivity contribution in [3.05, 3.63) is 89.0 Å². The summed E-state index contributed by atoms with van der Waals surface area (Å²) in [6.07, 6.45) is 1.99. The van der Waals surface area contributed by atoms with Gasteiger partial charge in [0, 0.05) is 17.2 Å². The summed E-state index contributed by atoms with van der Waals surface area (Å²) in [5, 5.41) is 0. The fraction of sp³-hybridized carbons (Fsp3) is 0.125. The van der Waals surface area contributed by atoms with Crippen molar-refractivity contribution < 1.29 is 14.2 Å². The molecule has 4 heteroatoms. The monoisotopic (exact) mass is 369 g/mol. The van der Waals surface area contributed by atoms with E-state index in [1.54, 1.807) is 0 Å². The van der Waals surface area contributed by atoms with Crippen LogP contribution in [0.5, 0.6) is 17.2 Å². The zero-order chi connectivity index (χ0) is 19.1. The van der Waals surface area contributed by atoms with Gasteiger partial charge in [-0.15, -0.1) is 0 Å². The van der Waals surface area contributed by atoms with Crippen LogP contribution in [-0.4, -0.2) is 12.5 Å². The summed E-state index contributed by atoms with van der Waals surface area (Å²) < 4.78 is 17.2. The molecule has 4 nitrogen and oxygen atoms in total. The van der Waals surface area contributed by atoms with Crippen molar-refractivity contribution in [1.29, 1.82) is 0 Å². The zero-order valence-corrected chi connectivity index (χ0v) is 15.7. The van der Waals surface area contributed by atoms with Crippen LogP contribution in [0.2, 0.25) is 0 Å². The minimum atomic E-state index is 0.247. The number of hydrogen-bond donors (Lipinski definition) is 0. The molecular weight excluding hydrogens is 350 g/mol. The maximum atomic E-state index is 6.26. The Balaban J connectivity index is 1.66. The minimum Gasteiger partial charge on any atom is -0.454 e. The Hall–Kier alpha value is -3.53. The molecule has 2 aliphatic heterocycles. The lowest BCUT2D eigenvalue weighted by Gasteiger charge is -2.10. The van der Waals surface area contributed by atoms with Crippen molar-refractivity contribution in [1.82, 2.24) is 0 Å². The highest BCUT2D eigenvalue weighted by atomic mass is 16.7. The van der Waals surface area contributed by atoms with Crippen molar-refractivity contribution in [2.45, 2.75) is 13.8 Å². The Morgan fingerprint density at radius 1 is 0.750 bits per heavy atom. The zero-order valence-electron chi connectivity index (χ0n) is 15.7. The van der Waals surface area contributed by atoms with E-state index in [4.69, 9.17) is 19.2 Å². The molecule has 2 heterocycles. The third-order valence-corrected chi connectivity index (χ3v) is 5.05. The Bertz CT molecular complexity index is 1140. The number of nitrogens with zero attached hydrogens (tertiary/aromatic N) is 1. The first-order chi connectivity index (χ1) is 13.7. The molecule has 0 unspecified atom stereocenters. The van der Waals surface area contributed by atoms with Gasteiger partial charge in [0.05, 0.1) is 5.71 Å². The number of allylic oxidation sites excluding steroid dienone is 1. The molecule has 0 atom stereocenters. The van der Waals surface area contributed by atoms with E-state index in [1.807, 2.05) is 48.5 Å². The van der Waals surface area contributed by atoms with Crippen LogP contribution >= 0.6 is 0 Å². The number of ether oxygens (including phenoxy) is 3. The van der Waals surface area contributed by atoms with E-state index in [2.05, 4.69) is 32.0 Å². The standard InChI is InChI=1S/C24H19NO3/c1-15-7-8-17(11-16(15)2)20-13-23(28-21-6-4-3-5-19(21)25-20)18-9-10-22-24(12-18)27-14-26-22/h3-13H,14H2,1-2H3. The first-order valence-corrected chi connectivity index (χ1v) is 9.22. The molecule has 0 amide bonds. The smallest absolute Gasteiger partial charge is 0.231 e. The summed E-state index contributed by atoms with van der Waals surface area (Å²) in [6, 6.07) is 20.0. The van der Waals surface area contributed by atoms with Crippen LogP contribution in [0.25, 0.3) is 5.76 Å². The molecule has 0 saturated carbocycles. The number of rotatable bonds is 2. The van der Waals surface area contributed by atoms with Gasteiger partial charge in [-0.25, -0.2) is 4.99 Å². The maximum Gasteiger partial charge on any atom is 0.231 e. The highest BCUT2D eigenvalue weighted by molar-refractivity contribution is 6.13. The van der Waals surface area contributed by atoms with Gasteiger partial charge in [-0.2, -0.15) is 0 Å². The summed E-state index contributed by atoms with van der Waals surface area (Å²) in [6.45, 7) is 4.47.